The van der Waals surface area contributed by atoms with Crippen molar-refractivity contribution < 1.29 is 18.7 Å². The molecule has 10 nitrogen and oxygen atoms in total. The molecule has 3 aromatic rings. The van der Waals surface area contributed by atoms with Crippen LogP contribution in [0.5, 0.6) is 0 Å². The molecule has 0 saturated carbocycles. The first kappa shape index (κ1) is 20.1. The van der Waals surface area contributed by atoms with Gasteiger partial charge in [-0.15, -0.1) is 0 Å². The molecular formula is C18H19FN6O4. The minimum atomic E-state index is -0.514. The van der Waals surface area contributed by atoms with Gasteiger partial charge in [0.25, 0.3) is 11.5 Å². The van der Waals surface area contributed by atoms with Gasteiger partial charge in [-0.2, -0.15) is 9.61 Å². The molecule has 0 aliphatic carbocycles. The minimum absolute atomic E-state index is 0.104. The Labute approximate surface area is 164 Å². The molecule has 29 heavy (non-hydrogen) atoms. The van der Waals surface area contributed by atoms with Crippen molar-refractivity contribution in [3.8, 4) is 0 Å². The van der Waals surface area contributed by atoms with Gasteiger partial charge < -0.3 is 19.9 Å². The number of nitrogens with one attached hydrogen (secondary N) is 2. The molecule has 0 aromatic carbocycles. The zero-order chi connectivity index (χ0) is 21.0. The number of likely N-dealkylation sites (N-methyl/N-ethyl adjacent to an activating group) is 1. The molecule has 2 amide bonds. The number of halogens is 1. The van der Waals surface area contributed by atoms with Crippen LogP contribution in [0.1, 0.15) is 16.2 Å². The topological polar surface area (TPSA) is 122 Å². The first-order chi connectivity index (χ1) is 13.9. The molecule has 11 heteroatoms. The van der Waals surface area contributed by atoms with E-state index in [0.717, 1.165) is 16.8 Å². The van der Waals surface area contributed by atoms with Crippen LogP contribution in [0.4, 0.5) is 10.2 Å². The van der Waals surface area contributed by atoms with E-state index in [1.807, 2.05) is 0 Å². The van der Waals surface area contributed by atoms with Crippen molar-refractivity contribution in [1.82, 2.24) is 24.5 Å². The van der Waals surface area contributed by atoms with Gasteiger partial charge in [0, 0.05) is 32.8 Å². The number of H-pyrrole nitrogens is 1. The van der Waals surface area contributed by atoms with E-state index in [1.165, 1.54) is 30.2 Å². The van der Waals surface area contributed by atoms with Gasteiger partial charge in [-0.05, 0) is 12.1 Å². The number of rotatable bonds is 7. The van der Waals surface area contributed by atoms with Crippen LogP contribution in [0.2, 0.25) is 0 Å². The summed E-state index contributed by atoms with van der Waals surface area (Å²) in [5.74, 6) is -1.12. The lowest BCUT2D eigenvalue weighted by molar-refractivity contribution is -0.115. The first-order valence-electron chi connectivity index (χ1n) is 8.65. The van der Waals surface area contributed by atoms with Crippen molar-refractivity contribution in [1.29, 1.82) is 0 Å². The number of nitrogens with zero attached hydrogens (tertiary/aromatic N) is 4. The van der Waals surface area contributed by atoms with Crippen LogP contribution in [-0.2, 0) is 16.0 Å². The summed E-state index contributed by atoms with van der Waals surface area (Å²) in [6.45, 7) is 0.730. The summed E-state index contributed by atoms with van der Waals surface area (Å²) in [6.07, 6.45) is 0.854. The number of fused-ring (bicyclic) bond motifs is 1. The third-order valence-electron chi connectivity index (χ3n) is 4.04. The highest BCUT2D eigenvalue weighted by Crippen LogP contribution is 2.08. The number of methoxy groups -OCH3 is 1. The van der Waals surface area contributed by atoms with Crippen molar-refractivity contribution in [3.63, 3.8) is 0 Å². The maximum Gasteiger partial charge on any atom is 0.275 e. The smallest absolute Gasteiger partial charge is 0.275 e. The number of hydrogen-bond donors (Lipinski definition) is 2. The second kappa shape index (κ2) is 8.61. The van der Waals surface area contributed by atoms with Crippen molar-refractivity contribution >= 4 is 23.3 Å². The van der Waals surface area contributed by atoms with Gasteiger partial charge in [0.2, 0.25) is 5.91 Å². The van der Waals surface area contributed by atoms with Crippen LogP contribution < -0.4 is 10.9 Å². The molecule has 3 aromatic heterocycles. The number of pyridine rings is 1. The van der Waals surface area contributed by atoms with Crippen LogP contribution in [0.25, 0.3) is 5.65 Å². The van der Waals surface area contributed by atoms with Crippen molar-refractivity contribution in [2.24, 2.45) is 0 Å². The zero-order valence-electron chi connectivity index (χ0n) is 15.8. The highest BCUT2D eigenvalue weighted by Gasteiger charge is 2.16. The van der Waals surface area contributed by atoms with Crippen LogP contribution in [0.15, 0.2) is 35.3 Å². The molecule has 0 unspecified atom stereocenters. The molecule has 2 N–H and O–H groups in total. The molecule has 152 valence electrons. The van der Waals surface area contributed by atoms with Gasteiger partial charge in [0.1, 0.15) is 23.0 Å². The lowest BCUT2D eigenvalue weighted by Gasteiger charge is -2.16. The van der Waals surface area contributed by atoms with Gasteiger partial charge in [0.15, 0.2) is 0 Å². The van der Waals surface area contributed by atoms with E-state index in [4.69, 9.17) is 4.74 Å². The third-order valence-corrected chi connectivity index (χ3v) is 4.04. The van der Waals surface area contributed by atoms with Gasteiger partial charge in [0.05, 0.1) is 24.9 Å². The molecular weight excluding hydrogens is 383 g/mol. The molecule has 3 heterocycles. The number of carbonyl (C=O) groups is 2. The summed E-state index contributed by atoms with van der Waals surface area (Å²) in [6, 6.07) is 5.16. The highest BCUT2D eigenvalue weighted by atomic mass is 19.1. The normalized spacial score (nSPS) is 10.9. The Kier molecular flexibility index (Phi) is 5.98. The SMILES string of the molecule is COCCN(C)C(=O)c1cc(=O)n2nc(CC(=O)Nc3ccc(F)cn3)cc2[nH]1. The number of anilines is 1. The second-order valence-electron chi connectivity index (χ2n) is 6.26. The van der Waals surface area contributed by atoms with E-state index in [9.17, 15) is 18.8 Å². The number of ether oxygens (including phenoxy) is 1. The number of aromatic nitrogens is 4. The second-order valence-corrected chi connectivity index (χ2v) is 6.26. The Morgan fingerprint density at radius 2 is 2.14 bits per heavy atom. The molecule has 0 saturated heterocycles. The summed E-state index contributed by atoms with van der Waals surface area (Å²) >= 11 is 0. The molecule has 0 aliphatic heterocycles. The Morgan fingerprint density at radius 3 is 2.83 bits per heavy atom. The molecule has 3 rings (SSSR count). The fourth-order valence-electron chi connectivity index (χ4n) is 2.58. The fraction of sp³-hybridized carbons (Fsp3) is 0.278. The predicted molar refractivity (Wildman–Crippen MR) is 101 cm³/mol. The molecule has 0 radical (unpaired) electrons. The van der Waals surface area contributed by atoms with E-state index >= 15 is 0 Å². The lowest BCUT2D eigenvalue weighted by atomic mass is 10.3. The minimum Gasteiger partial charge on any atom is -0.383 e. The average Bonchev–Trinajstić information content (AvgIpc) is 3.10. The standard InChI is InChI=1S/C18H19FN6O4/c1-24(5-6-29-2)18(28)13-9-17(27)25-15(21-13)7-12(23-25)8-16(26)22-14-4-3-11(19)10-20-14/h3-4,7,9-10,21H,5-6,8H2,1-2H3,(H,20,22,26). The first-order valence-corrected chi connectivity index (χ1v) is 8.65. The lowest BCUT2D eigenvalue weighted by Crippen LogP contribution is -2.32. The zero-order valence-corrected chi connectivity index (χ0v) is 15.8. The quantitative estimate of drug-likeness (QED) is 0.592. The maximum atomic E-state index is 12.9. The molecule has 0 aliphatic rings. The average molecular weight is 402 g/mol. The molecule has 0 fully saturated rings. The van der Waals surface area contributed by atoms with Crippen molar-refractivity contribution in [3.05, 3.63) is 58.0 Å². The fourth-order valence-corrected chi connectivity index (χ4v) is 2.58. The number of hydrogen-bond acceptors (Lipinski definition) is 6. The summed E-state index contributed by atoms with van der Waals surface area (Å²) < 4.78 is 18.9. The largest absolute Gasteiger partial charge is 0.383 e. The Balaban J connectivity index is 1.76. The number of amides is 2. The maximum absolute atomic E-state index is 12.9. The van der Waals surface area contributed by atoms with Crippen LogP contribution in [0.3, 0.4) is 0 Å². The molecule has 0 bridgehead atoms. The monoisotopic (exact) mass is 402 g/mol. The number of carbonyl (C=O) groups excluding carboxylic acids is 2. The highest BCUT2D eigenvalue weighted by molar-refractivity contribution is 5.93. The van der Waals surface area contributed by atoms with E-state index in [-0.39, 0.29) is 29.5 Å². The Hall–Kier alpha value is -3.60. The van der Waals surface area contributed by atoms with Gasteiger partial charge in [-0.3, -0.25) is 14.4 Å². The summed E-state index contributed by atoms with van der Waals surface area (Å²) in [5.41, 5.74) is 0.195. The van der Waals surface area contributed by atoms with E-state index in [1.54, 1.807) is 7.05 Å². The van der Waals surface area contributed by atoms with E-state index < -0.39 is 17.3 Å². The molecule has 0 atom stereocenters. The van der Waals surface area contributed by atoms with E-state index in [0.29, 0.717) is 18.8 Å². The molecule has 0 spiro atoms. The van der Waals surface area contributed by atoms with Crippen LogP contribution in [-0.4, -0.2) is 63.6 Å². The van der Waals surface area contributed by atoms with Gasteiger partial charge in [-0.1, -0.05) is 0 Å². The summed E-state index contributed by atoms with van der Waals surface area (Å²) in [7, 11) is 3.13. The Morgan fingerprint density at radius 1 is 1.34 bits per heavy atom. The van der Waals surface area contributed by atoms with Gasteiger partial charge in [-0.25, -0.2) is 9.37 Å². The Bertz CT molecular complexity index is 1090. The third kappa shape index (κ3) is 4.82. The van der Waals surface area contributed by atoms with Crippen molar-refractivity contribution in [2.45, 2.75) is 6.42 Å². The van der Waals surface area contributed by atoms with Gasteiger partial charge >= 0.3 is 0 Å². The van der Waals surface area contributed by atoms with Crippen LogP contribution >= 0.6 is 0 Å². The predicted octanol–water partition coefficient (Wildman–Crippen LogP) is 0.456. The van der Waals surface area contributed by atoms with E-state index in [2.05, 4.69) is 20.4 Å². The van der Waals surface area contributed by atoms with Crippen LogP contribution in [0, 0.1) is 5.82 Å². The summed E-state index contributed by atoms with van der Waals surface area (Å²) in [5, 5.41) is 6.60. The summed E-state index contributed by atoms with van der Waals surface area (Å²) in [4.78, 5) is 44.9. The van der Waals surface area contributed by atoms with Crippen molar-refractivity contribution in [2.75, 3.05) is 32.6 Å². The number of aromatic amines is 1.